The first-order valence-corrected chi connectivity index (χ1v) is 9.98. The van der Waals surface area contributed by atoms with Crippen molar-refractivity contribution in [2.24, 2.45) is 5.92 Å². The molecule has 3 amide bonds. The van der Waals surface area contributed by atoms with E-state index in [2.05, 4.69) is 15.6 Å². The lowest BCUT2D eigenvalue weighted by Crippen LogP contribution is -2.44. The summed E-state index contributed by atoms with van der Waals surface area (Å²) in [6.45, 7) is 1.86. The van der Waals surface area contributed by atoms with Crippen LogP contribution >= 0.6 is 0 Å². The standard InChI is InChI=1S/C22H24N4O3/c27-20-13-17(16-5-1-2-6-18(16)25-20)22(29)26-11-8-15(9-12-26)14-24-21(28)19-7-3-4-10-23-19/h1-7,10,15,17H,8-9,11-14H2,(H,24,28)(H,25,27). The fourth-order valence-electron chi connectivity index (χ4n) is 4.03. The van der Waals surface area contributed by atoms with E-state index in [1.165, 1.54) is 0 Å². The Bertz CT molecular complexity index is 907. The number of nitrogens with zero attached hydrogens (tertiary/aromatic N) is 2. The van der Waals surface area contributed by atoms with Gasteiger partial charge in [0.05, 0.1) is 5.92 Å². The molecule has 2 aliphatic rings. The third-order valence-corrected chi connectivity index (χ3v) is 5.67. The van der Waals surface area contributed by atoms with E-state index in [9.17, 15) is 14.4 Å². The highest BCUT2D eigenvalue weighted by molar-refractivity contribution is 6.01. The van der Waals surface area contributed by atoms with Crippen molar-refractivity contribution < 1.29 is 14.4 Å². The number of rotatable bonds is 4. The van der Waals surface area contributed by atoms with Crippen LogP contribution in [0.3, 0.4) is 0 Å². The van der Waals surface area contributed by atoms with E-state index >= 15 is 0 Å². The number of fused-ring (bicyclic) bond motifs is 1. The smallest absolute Gasteiger partial charge is 0.269 e. The van der Waals surface area contributed by atoms with Crippen molar-refractivity contribution in [1.82, 2.24) is 15.2 Å². The van der Waals surface area contributed by atoms with Crippen LogP contribution in [0.15, 0.2) is 48.7 Å². The van der Waals surface area contributed by atoms with Crippen LogP contribution in [0.25, 0.3) is 0 Å². The molecule has 0 radical (unpaired) electrons. The average Bonchev–Trinajstić information content (AvgIpc) is 2.77. The Morgan fingerprint density at radius 3 is 2.62 bits per heavy atom. The van der Waals surface area contributed by atoms with Gasteiger partial charge in [-0.2, -0.15) is 0 Å². The number of carbonyl (C=O) groups is 3. The number of amides is 3. The van der Waals surface area contributed by atoms with Crippen LogP contribution in [0.1, 0.15) is 41.2 Å². The molecule has 7 heteroatoms. The molecule has 1 aromatic carbocycles. The third kappa shape index (κ3) is 4.29. The summed E-state index contributed by atoms with van der Waals surface area (Å²) in [4.78, 5) is 43.2. The van der Waals surface area contributed by atoms with E-state index in [0.29, 0.717) is 31.2 Å². The van der Waals surface area contributed by atoms with Crippen LogP contribution in [0, 0.1) is 5.92 Å². The summed E-state index contributed by atoms with van der Waals surface area (Å²) in [7, 11) is 0. The second-order valence-corrected chi connectivity index (χ2v) is 7.59. The molecule has 1 fully saturated rings. The number of hydrogen-bond acceptors (Lipinski definition) is 4. The second-order valence-electron chi connectivity index (χ2n) is 7.59. The highest BCUT2D eigenvalue weighted by Gasteiger charge is 2.34. The zero-order valence-corrected chi connectivity index (χ0v) is 16.1. The van der Waals surface area contributed by atoms with Crippen molar-refractivity contribution in [2.75, 3.05) is 25.0 Å². The SMILES string of the molecule is O=C1CC(C(=O)N2CCC(CNC(=O)c3ccccn3)CC2)c2ccccc2N1. The predicted molar refractivity (Wildman–Crippen MR) is 108 cm³/mol. The van der Waals surface area contributed by atoms with E-state index in [0.717, 1.165) is 24.1 Å². The first-order valence-electron chi connectivity index (χ1n) is 9.98. The van der Waals surface area contributed by atoms with Gasteiger partial charge in [-0.25, -0.2) is 0 Å². The van der Waals surface area contributed by atoms with Crippen molar-refractivity contribution in [2.45, 2.75) is 25.2 Å². The highest BCUT2D eigenvalue weighted by Crippen LogP contribution is 2.34. The van der Waals surface area contributed by atoms with Gasteiger partial charge in [-0.15, -0.1) is 0 Å². The molecular formula is C22H24N4O3. The molecule has 2 N–H and O–H groups in total. The Hall–Kier alpha value is -3.22. The number of piperidine rings is 1. The first kappa shape index (κ1) is 19.1. The normalized spacial score (nSPS) is 19.2. The summed E-state index contributed by atoms with van der Waals surface area (Å²) in [5.74, 6) is -0.361. The van der Waals surface area contributed by atoms with Gasteiger partial charge in [0, 0.05) is 37.9 Å². The van der Waals surface area contributed by atoms with Crippen LogP contribution in [0.5, 0.6) is 0 Å². The summed E-state index contributed by atoms with van der Waals surface area (Å²) in [5.41, 5.74) is 2.03. The molecule has 0 saturated carbocycles. The molecule has 1 atom stereocenters. The lowest BCUT2D eigenvalue weighted by Gasteiger charge is -2.35. The predicted octanol–water partition coefficient (Wildman–Crippen LogP) is 2.18. The third-order valence-electron chi connectivity index (χ3n) is 5.67. The van der Waals surface area contributed by atoms with Gasteiger partial charge < -0.3 is 15.5 Å². The Labute approximate surface area is 169 Å². The quantitative estimate of drug-likeness (QED) is 0.834. The lowest BCUT2D eigenvalue weighted by molar-refractivity contribution is -0.136. The van der Waals surface area contributed by atoms with Crippen molar-refractivity contribution in [1.29, 1.82) is 0 Å². The number of hydrogen-bond donors (Lipinski definition) is 2. The number of pyridine rings is 1. The molecule has 1 aromatic heterocycles. The Kier molecular flexibility index (Phi) is 5.55. The van der Waals surface area contributed by atoms with Crippen LogP contribution in [0.2, 0.25) is 0 Å². The highest BCUT2D eigenvalue weighted by atomic mass is 16.2. The molecule has 0 spiro atoms. The zero-order valence-electron chi connectivity index (χ0n) is 16.1. The fraction of sp³-hybridized carbons (Fsp3) is 0.364. The van der Waals surface area contributed by atoms with E-state index < -0.39 is 5.92 Å². The van der Waals surface area contributed by atoms with E-state index in [1.54, 1.807) is 24.4 Å². The maximum Gasteiger partial charge on any atom is 0.269 e. The van der Waals surface area contributed by atoms with E-state index in [4.69, 9.17) is 0 Å². The molecule has 3 heterocycles. The Morgan fingerprint density at radius 1 is 1.10 bits per heavy atom. The summed E-state index contributed by atoms with van der Waals surface area (Å²) < 4.78 is 0. The Morgan fingerprint density at radius 2 is 1.86 bits per heavy atom. The summed E-state index contributed by atoms with van der Waals surface area (Å²) in [5, 5.41) is 5.78. The molecule has 1 unspecified atom stereocenters. The number of anilines is 1. The van der Waals surface area contributed by atoms with Gasteiger partial charge >= 0.3 is 0 Å². The number of para-hydroxylation sites is 1. The first-order chi connectivity index (χ1) is 14.1. The maximum absolute atomic E-state index is 13.1. The Balaban J connectivity index is 1.31. The van der Waals surface area contributed by atoms with Gasteiger partial charge in [0.15, 0.2) is 0 Å². The number of carbonyl (C=O) groups excluding carboxylic acids is 3. The zero-order chi connectivity index (χ0) is 20.2. The largest absolute Gasteiger partial charge is 0.350 e. The van der Waals surface area contributed by atoms with Gasteiger partial charge in [-0.05, 0) is 42.5 Å². The summed E-state index contributed by atoms with van der Waals surface area (Å²) >= 11 is 0. The van der Waals surface area contributed by atoms with Crippen molar-refractivity contribution in [3.05, 3.63) is 59.9 Å². The van der Waals surface area contributed by atoms with Crippen molar-refractivity contribution in [3.8, 4) is 0 Å². The lowest BCUT2D eigenvalue weighted by atomic mass is 9.88. The number of benzene rings is 1. The van der Waals surface area contributed by atoms with Crippen LogP contribution < -0.4 is 10.6 Å². The molecule has 2 aromatic rings. The maximum atomic E-state index is 13.1. The molecular weight excluding hydrogens is 368 g/mol. The van der Waals surface area contributed by atoms with Gasteiger partial charge in [-0.1, -0.05) is 24.3 Å². The summed E-state index contributed by atoms with van der Waals surface area (Å²) in [6.07, 6.45) is 3.45. The monoisotopic (exact) mass is 392 g/mol. The van der Waals surface area contributed by atoms with Gasteiger partial charge in [0.1, 0.15) is 5.69 Å². The molecule has 0 aliphatic carbocycles. The van der Waals surface area contributed by atoms with Crippen LogP contribution in [0.4, 0.5) is 5.69 Å². The van der Waals surface area contributed by atoms with Crippen molar-refractivity contribution in [3.63, 3.8) is 0 Å². The van der Waals surface area contributed by atoms with Crippen LogP contribution in [-0.4, -0.2) is 47.2 Å². The molecule has 7 nitrogen and oxygen atoms in total. The topological polar surface area (TPSA) is 91.4 Å². The minimum Gasteiger partial charge on any atom is -0.350 e. The minimum absolute atomic E-state index is 0.0169. The number of likely N-dealkylation sites (tertiary alicyclic amines) is 1. The van der Waals surface area contributed by atoms with Gasteiger partial charge in [0.25, 0.3) is 5.91 Å². The molecule has 0 bridgehead atoms. The number of nitrogens with one attached hydrogen (secondary N) is 2. The van der Waals surface area contributed by atoms with Crippen molar-refractivity contribution >= 4 is 23.4 Å². The molecule has 2 aliphatic heterocycles. The number of aromatic nitrogens is 1. The van der Waals surface area contributed by atoms with Gasteiger partial charge in [-0.3, -0.25) is 19.4 Å². The molecule has 4 rings (SSSR count). The molecule has 29 heavy (non-hydrogen) atoms. The second kappa shape index (κ2) is 8.43. The molecule has 150 valence electrons. The minimum atomic E-state index is -0.416. The van der Waals surface area contributed by atoms with E-state index in [-0.39, 0.29) is 24.1 Å². The van der Waals surface area contributed by atoms with Crippen LogP contribution in [-0.2, 0) is 9.59 Å². The van der Waals surface area contributed by atoms with Gasteiger partial charge in [0.2, 0.25) is 11.8 Å². The summed E-state index contributed by atoms with van der Waals surface area (Å²) in [6, 6.07) is 12.8. The van der Waals surface area contributed by atoms with E-state index in [1.807, 2.05) is 29.2 Å². The molecule has 1 saturated heterocycles. The average molecular weight is 392 g/mol. The fourth-order valence-corrected chi connectivity index (χ4v) is 4.03.